The van der Waals surface area contributed by atoms with Gasteiger partial charge in [-0.15, -0.1) is 10.2 Å². The molecule has 7 heteroatoms. The molecule has 0 aliphatic heterocycles. The average molecular weight is 421 g/mol. The number of hydrogen-bond acceptors (Lipinski definition) is 6. The van der Waals surface area contributed by atoms with Crippen LogP contribution in [0.3, 0.4) is 0 Å². The quantitative estimate of drug-likeness (QED) is 0.354. The molecular weight excluding hydrogens is 396 g/mol. The number of fused-ring (bicyclic) bond motifs is 1. The lowest BCUT2D eigenvalue weighted by Gasteiger charge is -2.12. The molecule has 0 bridgehead atoms. The molecule has 0 atom stereocenters. The summed E-state index contributed by atoms with van der Waals surface area (Å²) in [6.45, 7) is 2.05. The van der Waals surface area contributed by atoms with E-state index in [1.807, 2.05) is 24.3 Å². The highest BCUT2D eigenvalue weighted by atomic mass is 32.2. The van der Waals surface area contributed by atoms with Crippen LogP contribution in [0.4, 0.5) is 0 Å². The Hall–Kier alpha value is -3.19. The predicted octanol–water partition coefficient (Wildman–Crippen LogP) is 4.35. The van der Waals surface area contributed by atoms with E-state index >= 15 is 0 Å². The smallest absolute Gasteiger partial charge is 0.210 e. The fraction of sp³-hybridized carbons (Fsp3) is 0.217. The van der Waals surface area contributed by atoms with Crippen molar-refractivity contribution < 1.29 is 9.47 Å². The van der Waals surface area contributed by atoms with Crippen LogP contribution in [0.15, 0.2) is 59.8 Å². The van der Waals surface area contributed by atoms with Gasteiger partial charge in [-0.25, -0.2) is 4.68 Å². The molecule has 0 fully saturated rings. The minimum absolute atomic E-state index is 0.626. The van der Waals surface area contributed by atoms with Crippen LogP contribution < -0.4 is 15.3 Å². The number of methoxy groups -OCH3 is 2. The second-order valence-corrected chi connectivity index (χ2v) is 7.95. The maximum absolute atomic E-state index is 6.33. The molecule has 154 valence electrons. The number of benzene rings is 3. The van der Waals surface area contributed by atoms with Crippen LogP contribution in [-0.4, -0.2) is 29.1 Å². The number of ether oxygens (including phenoxy) is 2. The van der Waals surface area contributed by atoms with Gasteiger partial charge in [0, 0.05) is 12.2 Å². The Labute approximate surface area is 180 Å². The van der Waals surface area contributed by atoms with Crippen molar-refractivity contribution in [3.05, 3.63) is 77.1 Å². The van der Waals surface area contributed by atoms with E-state index in [0.717, 1.165) is 22.7 Å². The van der Waals surface area contributed by atoms with Crippen molar-refractivity contribution in [1.82, 2.24) is 14.9 Å². The molecule has 1 heterocycles. The van der Waals surface area contributed by atoms with Crippen molar-refractivity contribution in [2.75, 3.05) is 20.1 Å². The minimum Gasteiger partial charge on any atom is -0.493 e. The third-order valence-electron chi connectivity index (χ3n) is 5.16. The first-order valence-corrected chi connectivity index (χ1v) is 10.6. The number of nitrogens with zero attached hydrogens (tertiary/aromatic N) is 3. The summed E-state index contributed by atoms with van der Waals surface area (Å²) in [5.74, 6) is 9.20. The average Bonchev–Trinajstić information content (AvgIpc) is 3.12. The number of nitrogens with two attached hydrogens (primary N) is 1. The van der Waals surface area contributed by atoms with E-state index < -0.39 is 0 Å². The predicted molar refractivity (Wildman–Crippen MR) is 121 cm³/mol. The fourth-order valence-electron chi connectivity index (χ4n) is 3.46. The maximum Gasteiger partial charge on any atom is 0.210 e. The molecule has 4 rings (SSSR count). The molecule has 4 aromatic rings. The van der Waals surface area contributed by atoms with Gasteiger partial charge in [0.15, 0.2) is 17.3 Å². The van der Waals surface area contributed by atoms with Gasteiger partial charge in [0.25, 0.3) is 0 Å². The van der Waals surface area contributed by atoms with Crippen molar-refractivity contribution in [3.63, 3.8) is 0 Å². The summed E-state index contributed by atoms with van der Waals surface area (Å²) in [4.78, 5) is 0. The van der Waals surface area contributed by atoms with E-state index in [2.05, 4.69) is 47.5 Å². The van der Waals surface area contributed by atoms with Gasteiger partial charge in [0.2, 0.25) is 5.16 Å². The van der Waals surface area contributed by atoms with Gasteiger partial charge in [-0.2, -0.15) is 0 Å². The molecule has 0 unspecified atom stereocenters. The summed E-state index contributed by atoms with van der Waals surface area (Å²) in [6.07, 6.45) is 0.626. The highest BCUT2D eigenvalue weighted by Gasteiger charge is 2.14. The molecule has 0 aliphatic rings. The molecule has 0 saturated carbocycles. The van der Waals surface area contributed by atoms with Crippen molar-refractivity contribution in [1.29, 1.82) is 0 Å². The lowest BCUT2D eigenvalue weighted by atomic mass is 10.0. The van der Waals surface area contributed by atoms with Crippen LogP contribution in [0.2, 0.25) is 0 Å². The Morgan fingerprint density at radius 1 is 0.933 bits per heavy atom. The Balaban J connectivity index is 1.53. The molecule has 1 aromatic heterocycles. The molecular formula is C23H24N4O2S. The monoisotopic (exact) mass is 420 g/mol. The fourth-order valence-corrected chi connectivity index (χ4v) is 4.40. The van der Waals surface area contributed by atoms with E-state index in [0.29, 0.717) is 23.1 Å². The van der Waals surface area contributed by atoms with Gasteiger partial charge in [-0.3, -0.25) is 0 Å². The molecule has 0 spiro atoms. The molecule has 30 heavy (non-hydrogen) atoms. The van der Waals surface area contributed by atoms with Crippen molar-refractivity contribution in [2.45, 2.75) is 24.3 Å². The summed E-state index contributed by atoms with van der Waals surface area (Å²) in [5, 5.41) is 11.7. The molecule has 0 saturated heterocycles. The largest absolute Gasteiger partial charge is 0.493 e. The second kappa shape index (κ2) is 8.67. The summed E-state index contributed by atoms with van der Waals surface area (Å²) in [7, 11) is 3.28. The van der Waals surface area contributed by atoms with Crippen molar-refractivity contribution >= 4 is 22.5 Å². The standard InChI is InChI=1S/C23H24N4O2S/c1-15-11-20(28-2)21(29-3)12-18(15)14-30-23-26-25-22(27(23)24)13-17-9-6-8-16-7-4-5-10-19(16)17/h4-12H,13-14,24H2,1-3H3. The van der Waals surface area contributed by atoms with Crippen LogP contribution in [0.1, 0.15) is 22.5 Å². The van der Waals surface area contributed by atoms with Crippen molar-refractivity contribution in [3.8, 4) is 11.5 Å². The van der Waals surface area contributed by atoms with Crippen LogP contribution in [0.25, 0.3) is 10.8 Å². The summed E-state index contributed by atoms with van der Waals surface area (Å²) in [5.41, 5.74) is 3.44. The molecule has 6 nitrogen and oxygen atoms in total. The number of rotatable bonds is 7. The number of aromatic nitrogens is 3. The Kier molecular flexibility index (Phi) is 5.81. The summed E-state index contributed by atoms with van der Waals surface area (Å²) < 4.78 is 12.4. The van der Waals surface area contributed by atoms with E-state index in [-0.39, 0.29) is 0 Å². The third-order valence-corrected chi connectivity index (χ3v) is 6.15. The lowest BCUT2D eigenvalue weighted by molar-refractivity contribution is 0.354. The van der Waals surface area contributed by atoms with E-state index in [9.17, 15) is 0 Å². The Morgan fingerprint density at radius 3 is 2.47 bits per heavy atom. The topological polar surface area (TPSA) is 75.2 Å². The SMILES string of the molecule is COc1cc(C)c(CSc2nnc(Cc3cccc4ccccc34)n2N)cc1OC. The van der Waals surface area contributed by atoms with Crippen molar-refractivity contribution in [2.24, 2.45) is 0 Å². The highest BCUT2D eigenvalue weighted by Crippen LogP contribution is 2.33. The lowest BCUT2D eigenvalue weighted by Crippen LogP contribution is -2.14. The Morgan fingerprint density at radius 2 is 1.67 bits per heavy atom. The first kappa shape index (κ1) is 20.1. The first-order chi connectivity index (χ1) is 14.6. The summed E-state index contributed by atoms with van der Waals surface area (Å²) in [6, 6.07) is 18.6. The normalized spacial score (nSPS) is 11.0. The van der Waals surface area contributed by atoms with Crippen LogP contribution in [0.5, 0.6) is 11.5 Å². The zero-order valence-corrected chi connectivity index (χ0v) is 18.1. The number of hydrogen-bond donors (Lipinski definition) is 1. The third kappa shape index (κ3) is 3.93. The summed E-state index contributed by atoms with van der Waals surface area (Å²) >= 11 is 1.55. The first-order valence-electron chi connectivity index (χ1n) is 9.61. The molecule has 0 amide bonds. The number of nitrogen functional groups attached to an aromatic ring is 1. The minimum atomic E-state index is 0.626. The van der Waals surface area contributed by atoms with E-state index in [1.54, 1.807) is 30.7 Å². The van der Waals surface area contributed by atoms with Gasteiger partial charge >= 0.3 is 0 Å². The van der Waals surface area contributed by atoms with Crippen LogP contribution in [-0.2, 0) is 12.2 Å². The highest BCUT2D eigenvalue weighted by molar-refractivity contribution is 7.98. The Bertz CT molecular complexity index is 1180. The van der Waals surface area contributed by atoms with Gasteiger partial charge in [-0.1, -0.05) is 54.2 Å². The van der Waals surface area contributed by atoms with E-state index in [1.165, 1.54) is 16.3 Å². The van der Waals surface area contributed by atoms with Crippen LogP contribution >= 0.6 is 11.8 Å². The molecule has 2 N–H and O–H groups in total. The maximum atomic E-state index is 6.33. The zero-order valence-electron chi connectivity index (χ0n) is 17.3. The number of thioether (sulfide) groups is 1. The molecule has 0 aliphatic carbocycles. The second-order valence-electron chi connectivity index (χ2n) is 7.01. The van der Waals surface area contributed by atoms with Gasteiger partial charge in [0.1, 0.15) is 0 Å². The van der Waals surface area contributed by atoms with Gasteiger partial charge in [-0.05, 0) is 46.5 Å². The molecule has 0 radical (unpaired) electrons. The zero-order chi connectivity index (χ0) is 21.1. The van der Waals surface area contributed by atoms with Crippen LogP contribution in [0, 0.1) is 6.92 Å². The number of aryl methyl sites for hydroxylation is 1. The molecule has 3 aromatic carbocycles. The van der Waals surface area contributed by atoms with E-state index in [4.69, 9.17) is 15.3 Å². The van der Waals surface area contributed by atoms with Gasteiger partial charge in [0.05, 0.1) is 14.2 Å². The van der Waals surface area contributed by atoms with Gasteiger partial charge < -0.3 is 15.3 Å².